The maximum Gasteiger partial charge on any atom is 0.0407 e. The van der Waals surface area contributed by atoms with Crippen molar-refractivity contribution in [2.45, 2.75) is 82.6 Å². The standard InChI is InChI=1S/C11H17N.3C2H6/c1-6-11-7(2)9(4)12-10(5)8(11)3;3*1-2/h6H2,1-5H3;3*1-2H3. The Morgan fingerprint density at radius 3 is 1.17 bits per heavy atom. The largest absolute Gasteiger partial charge is 0.258 e. The van der Waals surface area contributed by atoms with E-state index in [4.69, 9.17) is 0 Å². The summed E-state index contributed by atoms with van der Waals surface area (Å²) in [6.45, 7) is 22.7. The molecule has 0 atom stereocenters. The van der Waals surface area contributed by atoms with Gasteiger partial charge in [0.15, 0.2) is 0 Å². The van der Waals surface area contributed by atoms with Gasteiger partial charge in [-0.1, -0.05) is 48.5 Å². The first-order valence-corrected chi connectivity index (χ1v) is 7.51. The number of rotatable bonds is 1. The van der Waals surface area contributed by atoms with Crippen LogP contribution in [-0.2, 0) is 6.42 Å². The number of hydrogen-bond acceptors (Lipinski definition) is 1. The van der Waals surface area contributed by atoms with Gasteiger partial charge in [0.25, 0.3) is 0 Å². The molecule has 0 radical (unpaired) electrons. The topological polar surface area (TPSA) is 12.9 Å². The van der Waals surface area contributed by atoms with Crippen LogP contribution < -0.4 is 0 Å². The van der Waals surface area contributed by atoms with E-state index in [-0.39, 0.29) is 0 Å². The van der Waals surface area contributed by atoms with Crippen molar-refractivity contribution in [3.05, 3.63) is 28.1 Å². The number of aromatic nitrogens is 1. The molecule has 0 unspecified atom stereocenters. The minimum atomic E-state index is 1.11. The third-order valence-electron chi connectivity index (χ3n) is 2.68. The summed E-state index contributed by atoms with van der Waals surface area (Å²) >= 11 is 0. The van der Waals surface area contributed by atoms with Crippen molar-refractivity contribution in [1.29, 1.82) is 0 Å². The molecule has 0 aliphatic heterocycles. The number of nitrogens with zero attached hydrogens (tertiary/aromatic N) is 1. The van der Waals surface area contributed by atoms with E-state index in [9.17, 15) is 0 Å². The smallest absolute Gasteiger partial charge is 0.0407 e. The Morgan fingerprint density at radius 2 is 0.944 bits per heavy atom. The molecule has 1 aromatic heterocycles. The fourth-order valence-electron chi connectivity index (χ4n) is 1.67. The summed E-state index contributed by atoms with van der Waals surface area (Å²) in [5, 5.41) is 0. The molecule has 1 heteroatoms. The summed E-state index contributed by atoms with van der Waals surface area (Å²) in [5.74, 6) is 0. The highest BCUT2D eigenvalue weighted by atomic mass is 14.7. The van der Waals surface area contributed by atoms with Crippen LogP contribution in [0.5, 0.6) is 0 Å². The predicted molar refractivity (Wildman–Crippen MR) is 86.6 cm³/mol. The second-order valence-electron chi connectivity index (χ2n) is 3.36. The Morgan fingerprint density at radius 1 is 0.667 bits per heavy atom. The summed E-state index contributed by atoms with van der Waals surface area (Å²) in [7, 11) is 0. The molecule has 0 aliphatic rings. The summed E-state index contributed by atoms with van der Waals surface area (Å²) in [4.78, 5) is 4.48. The predicted octanol–water partition coefficient (Wildman–Crippen LogP) is 5.96. The highest BCUT2D eigenvalue weighted by molar-refractivity contribution is 5.38. The zero-order valence-electron chi connectivity index (χ0n) is 14.7. The van der Waals surface area contributed by atoms with Gasteiger partial charge >= 0.3 is 0 Å². The average Bonchev–Trinajstić information content (AvgIpc) is 2.44. The molecule has 0 amide bonds. The number of hydrogen-bond donors (Lipinski definition) is 0. The van der Waals surface area contributed by atoms with Crippen LogP contribution in [-0.4, -0.2) is 4.98 Å². The van der Waals surface area contributed by atoms with Crippen molar-refractivity contribution in [2.75, 3.05) is 0 Å². The van der Waals surface area contributed by atoms with Crippen LogP contribution in [0.4, 0.5) is 0 Å². The maximum atomic E-state index is 4.48. The van der Waals surface area contributed by atoms with Crippen LogP contribution in [0.1, 0.15) is 76.5 Å². The van der Waals surface area contributed by atoms with E-state index in [0.29, 0.717) is 0 Å². The van der Waals surface area contributed by atoms with Crippen LogP contribution in [0, 0.1) is 27.7 Å². The van der Waals surface area contributed by atoms with Crippen LogP contribution in [0.15, 0.2) is 0 Å². The molecule has 108 valence electrons. The van der Waals surface area contributed by atoms with E-state index in [1.54, 1.807) is 0 Å². The van der Waals surface area contributed by atoms with Crippen molar-refractivity contribution in [1.82, 2.24) is 4.98 Å². The van der Waals surface area contributed by atoms with Gasteiger partial charge < -0.3 is 0 Å². The maximum absolute atomic E-state index is 4.48. The van der Waals surface area contributed by atoms with Gasteiger partial charge in [-0.2, -0.15) is 0 Å². The summed E-state index contributed by atoms with van der Waals surface area (Å²) in [5.41, 5.74) is 6.55. The number of pyridine rings is 1. The SMILES string of the molecule is CC.CC.CC.CCc1c(C)c(C)nc(C)c1C. The monoisotopic (exact) mass is 253 g/mol. The van der Waals surface area contributed by atoms with Gasteiger partial charge in [0.05, 0.1) is 0 Å². The fourth-order valence-corrected chi connectivity index (χ4v) is 1.67. The van der Waals surface area contributed by atoms with E-state index in [1.807, 2.05) is 41.5 Å². The molecule has 0 saturated carbocycles. The Balaban J connectivity index is -0.000000328. The van der Waals surface area contributed by atoms with Gasteiger partial charge in [0.1, 0.15) is 0 Å². The molecule has 0 aromatic carbocycles. The average molecular weight is 253 g/mol. The first kappa shape index (κ1) is 22.3. The Bertz CT molecular complexity index is 275. The molecule has 0 saturated heterocycles. The molecule has 0 N–H and O–H groups in total. The minimum Gasteiger partial charge on any atom is -0.258 e. The molecule has 1 aromatic rings. The first-order chi connectivity index (χ1) is 8.57. The fraction of sp³-hybridized carbons (Fsp3) is 0.706. The van der Waals surface area contributed by atoms with E-state index in [1.165, 1.54) is 28.1 Å². The van der Waals surface area contributed by atoms with Gasteiger partial charge in [-0.25, -0.2) is 0 Å². The molecule has 0 aliphatic carbocycles. The summed E-state index contributed by atoms with van der Waals surface area (Å²) in [6.07, 6.45) is 1.11. The van der Waals surface area contributed by atoms with Crippen LogP contribution in [0.3, 0.4) is 0 Å². The molecule has 0 spiro atoms. The molecule has 18 heavy (non-hydrogen) atoms. The van der Waals surface area contributed by atoms with Crippen molar-refractivity contribution in [3.8, 4) is 0 Å². The van der Waals surface area contributed by atoms with Gasteiger partial charge in [-0.3, -0.25) is 4.98 Å². The van der Waals surface area contributed by atoms with Crippen molar-refractivity contribution in [3.63, 3.8) is 0 Å². The molecule has 1 rings (SSSR count). The van der Waals surface area contributed by atoms with Gasteiger partial charge in [-0.15, -0.1) is 0 Å². The highest BCUT2D eigenvalue weighted by Crippen LogP contribution is 2.18. The van der Waals surface area contributed by atoms with Gasteiger partial charge in [0.2, 0.25) is 0 Å². The molecular formula is C17H35N. The lowest BCUT2D eigenvalue weighted by Gasteiger charge is -2.12. The zero-order valence-corrected chi connectivity index (χ0v) is 14.7. The third kappa shape index (κ3) is 6.78. The number of aryl methyl sites for hydroxylation is 2. The highest BCUT2D eigenvalue weighted by Gasteiger charge is 2.06. The lowest BCUT2D eigenvalue weighted by Crippen LogP contribution is -2.01. The Kier molecular flexibility index (Phi) is 17.6. The zero-order chi connectivity index (χ0) is 15.3. The minimum absolute atomic E-state index is 1.11. The Hall–Kier alpha value is -0.850. The quantitative estimate of drug-likeness (QED) is 0.602. The molecule has 1 nitrogen and oxygen atoms in total. The molecule has 0 fully saturated rings. The van der Waals surface area contributed by atoms with E-state index < -0.39 is 0 Å². The van der Waals surface area contributed by atoms with Crippen molar-refractivity contribution < 1.29 is 0 Å². The van der Waals surface area contributed by atoms with Gasteiger partial charge in [0, 0.05) is 11.4 Å². The van der Waals surface area contributed by atoms with Crippen LogP contribution >= 0.6 is 0 Å². The van der Waals surface area contributed by atoms with Crippen molar-refractivity contribution >= 4 is 0 Å². The summed E-state index contributed by atoms with van der Waals surface area (Å²) < 4.78 is 0. The van der Waals surface area contributed by atoms with E-state index >= 15 is 0 Å². The first-order valence-electron chi connectivity index (χ1n) is 7.51. The van der Waals surface area contributed by atoms with E-state index in [0.717, 1.165) is 6.42 Å². The summed E-state index contributed by atoms with van der Waals surface area (Å²) in [6, 6.07) is 0. The second kappa shape index (κ2) is 14.2. The van der Waals surface area contributed by atoms with Crippen LogP contribution in [0.2, 0.25) is 0 Å². The second-order valence-corrected chi connectivity index (χ2v) is 3.36. The van der Waals surface area contributed by atoms with E-state index in [2.05, 4.69) is 39.6 Å². The van der Waals surface area contributed by atoms with Gasteiger partial charge in [-0.05, 0) is 50.8 Å². The molecule has 0 bridgehead atoms. The lowest BCUT2D eigenvalue weighted by atomic mass is 9.99. The van der Waals surface area contributed by atoms with Crippen LogP contribution in [0.25, 0.3) is 0 Å². The lowest BCUT2D eigenvalue weighted by molar-refractivity contribution is 0.981. The molecular weight excluding hydrogens is 218 g/mol. The third-order valence-corrected chi connectivity index (χ3v) is 2.68. The Labute approximate surface area is 116 Å². The van der Waals surface area contributed by atoms with Crippen molar-refractivity contribution in [2.24, 2.45) is 0 Å². The molecule has 1 heterocycles. The normalized spacial score (nSPS) is 7.94.